The molecule has 2 atom stereocenters. The van der Waals surface area contributed by atoms with Gasteiger partial charge in [0, 0.05) is 12.2 Å². The SMILES string of the molecule is C=Cc1cc(O)c(O)c(SC[C@H](NC(=O)CC[C@H](N)C(=O)O)C(=O)NCC(=O)O)c1. The second-order valence-electron chi connectivity index (χ2n) is 6.12. The van der Waals surface area contributed by atoms with Crippen LogP contribution in [0.2, 0.25) is 0 Å². The van der Waals surface area contributed by atoms with Crippen LogP contribution in [-0.4, -0.2) is 68.6 Å². The fourth-order valence-electron chi connectivity index (χ4n) is 2.16. The van der Waals surface area contributed by atoms with Crippen molar-refractivity contribution in [1.29, 1.82) is 0 Å². The third-order valence-corrected chi connectivity index (χ3v) is 4.91. The van der Waals surface area contributed by atoms with Gasteiger partial charge in [0.05, 0.1) is 4.90 Å². The van der Waals surface area contributed by atoms with Gasteiger partial charge in [0.2, 0.25) is 11.8 Å². The molecule has 12 heteroatoms. The number of phenols is 2. The molecule has 11 nitrogen and oxygen atoms in total. The maximum atomic E-state index is 12.3. The Morgan fingerprint density at radius 3 is 2.43 bits per heavy atom. The number of nitrogens with one attached hydrogen (secondary N) is 2. The minimum Gasteiger partial charge on any atom is -0.504 e. The van der Waals surface area contributed by atoms with Crippen molar-refractivity contribution in [3.05, 3.63) is 24.3 Å². The van der Waals surface area contributed by atoms with E-state index < -0.39 is 53.9 Å². The number of benzene rings is 1. The first kappa shape index (κ1) is 24.8. The average Bonchev–Trinajstić information content (AvgIpc) is 2.69. The molecule has 164 valence electrons. The number of carboxylic acids is 2. The van der Waals surface area contributed by atoms with E-state index in [9.17, 15) is 29.4 Å². The summed E-state index contributed by atoms with van der Waals surface area (Å²) in [5.41, 5.74) is 5.85. The average molecular weight is 441 g/mol. The maximum Gasteiger partial charge on any atom is 0.322 e. The van der Waals surface area contributed by atoms with E-state index in [1.165, 1.54) is 18.2 Å². The minimum absolute atomic E-state index is 0.115. The van der Waals surface area contributed by atoms with Gasteiger partial charge in [-0.3, -0.25) is 19.2 Å². The molecule has 0 radical (unpaired) electrons. The highest BCUT2D eigenvalue weighted by atomic mass is 32.2. The van der Waals surface area contributed by atoms with Crippen LogP contribution in [0.5, 0.6) is 11.5 Å². The van der Waals surface area contributed by atoms with Gasteiger partial charge in [-0.25, -0.2) is 0 Å². The molecule has 0 unspecified atom stereocenters. The lowest BCUT2D eigenvalue weighted by Crippen LogP contribution is -2.49. The first-order chi connectivity index (χ1) is 14.0. The fourth-order valence-corrected chi connectivity index (χ4v) is 3.20. The number of rotatable bonds is 12. The first-order valence-electron chi connectivity index (χ1n) is 8.63. The Hall–Kier alpha value is -3.25. The summed E-state index contributed by atoms with van der Waals surface area (Å²) in [6, 6.07) is 0.353. The molecule has 0 aliphatic carbocycles. The summed E-state index contributed by atoms with van der Waals surface area (Å²) < 4.78 is 0. The van der Waals surface area contributed by atoms with Crippen LogP contribution in [0.15, 0.2) is 23.6 Å². The molecule has 0 aliphatic heterocycles. The molecular weight excluding hydrogens is 418 g/mol. The Labute approximate surface area is 176 Å². The second-order valence-corrected chi connectivity index (χ2v) is 7.18. The predicted octanol–water partition coefficient (Wildman–Crippen LogP) is -0.289. The number of aromatic hydroxyl groups is 2. The lowest BCUT2D eigenvalue weighted by Gasteiger charge is -2.18. The van der Waals surface area contributed by atoms with E-state index in [-0.39, 0.29) is 23.5 Å². The van der Waals surface area contributed by atoms with Crippen LogP contribution in [0.3, 0.4) is 0 Å². The topological polar surface area (TPSA) is 199 Å². The lowest BCUT2D eigenvalue weighted by atomic mass is 10.1. The van der Waals surface area contributed by atoms with Gasteiger partial charge in [-0.05, 0) is 24.1 Å². The van der Waals surface area contributed by atoms with Crippen molar-refractivity contribution in [3.8, 4) is 11.5 Å². The fraction of sp³-hybridized carbons (Fsp3) is 0.333. The smallest absolute Gasteiger partial charge is 0.322 e. The van der Waals surface area contributed by atoms with E-state index in [1.54, 1.807) is 0 Å². The molecule has 8 N–H and O–H groups in total. The minimum atomic E-state index is -1.28. The zero-order valence-corrected chi connectivity index (χ0v) is 16.6. The molecule has 0 saturated carbocycles. The summed E-state index contributed by atoms with van der Waals surface area (Å²) >= 11 is 0.933. The number of carbonyl (C=O) groups excluding carboxylic acids is 2. The van der Waals surface area contributed by atoms with Gasteiger partial charge < -0.3 is 36.8 Å². The summed E-state index contributed by atoms with van der Waals surface area (Å²) in [6.45, 7) is 2.89. The van der Waals surface area contributed by atoms with Crippen molar-refractivity contribution < 1.29 is 39.6 Å². The highest BCUT2D eigenvalue weighted by Gasteiger charge is 2.23. The molecule has 1 aromatic carbocycles. The van der Waals surface area contributed by atoms with Crippen molar-refractivity contribution in [2.75, 3.05) is 12.3 Å². The Morgan fingerprint density at radius 1 is 1.20 bits per heavy atom. The van der Waals surface area contributed by atoms with Crippen LogP contribution in [0.1, 0.15) is 18.4 Å². The van der Waals surface area contributed by atoms with Crippen LogP contribution in [0.4, 0.5) is 0 Å². The highest BCUT2D eigenvalue weighted by molar-refractivity contribution is 7.99. The summed E-state index contributed by atoms with van der Waals surface area (Å²) in [7, 11) is 0. The van der Waals surface area contributed by atoms with E-state index in [0.717, 1.165) is 11.8 Å². The van der Waals surface area contributed by atoms with E-state index in [1.807, 2.05) is 0 Å². The van der Waals surface area contributed by atoms with Gasteiger partial charge >= 0.3 is 11.9 Å². The zero-order chi connectivity index (χ0) is 22.8. The van der Waals surface area contributed by atoms with Gasteiger partial charge in [0.15, 0.2) is 11.5 Å². The van der Waals surface area contributed by atoms with Crippen LogP contribution >= 0.6 is 11.8 Å². The molecule has 30 heavy (non-hydrogen) atoms. The van der Waals surface area contributed by atoms with Gasteiger partial charge in [-0.1, -0.05) is 12.7 Å². The number of thioether (sulfide) groups is 1. The molecule has 0 spiro atoms. The van der Waals surface area contributed by atoms with Crippen LogP contribution in [0, 0.1) is 0 Å². The maximum absolute atomic E-state index is 12.3. The highest BCUT2D eigenvalue weighted by Crippen LogP contribution is 2.37. The number of carbonyl (C=O) groups is 4. The summed E-state index contributed by atoms with van der Waals surface area (Å²) in [4.78, 5) is 46.0. The van der Waals surface area contributed by atoms with Gasteiger partial charge in [-0.2, -0.15) is 0 Å². The monoisotopic (exact) mass is 441 g/mol. The van der Waals surface area contributed by atoms with Crippen LogP contribution in [-0.2, 0) is 19.2 Å². The van der Waals surface area contributed by atoms with Crippen molar-refractivity contribution in [1.82, 2.24) is 10.6 Å². The van der Waals surface area contributed by atoms with Crippen molar-refractivity contribution in [2.24, 2.45) is 5.73 Å². The van der Waals surface area contributed by atoms with E-state index >= 15 is 0 Å². The molecule has 1 aromatic rings. The number of hydrogen-bond donors (Lipinski definition) is 7. The van der Waals surface area contributed by atoms with E-state index in [0.29, 0.717) is 5.56 Å². The largest absolute Gasteiger partial charge is 0.504 e. The standard InChI is InChI=1S/C18H23N3O8S/c1-2-9-5-12(22)16(26)13(6-9)30-8-11(17(27)20-7-15(24)25)21-14(23)4-3-10(19)18(28)29/h2,5-6,10-11,22,26H,1,3-4,7-8,19H2,(H,20,27)(H,21,23)(H,24,25)(H,28,29)/t10-,11-/m0/s1. The number of phenolic OH excluding ortho intramolecular Hbond substituents is 2. The molecule has 1 rings (SSSR count). The van der Waals surface area contributed by atoms with E-state index in [2.05, 4.69) is 17.2 Å². The molecule has 0 aliphatic rings. The van der Waals surface area contributed by atoms with Crippen molar-refractivity contribution >= 4 is 41.6 Å². The molecule has 0 heterocycles. The number of nitrogens with two attached hydrogens (primary N) is 1. The Balaban J connectivity index is 2.88. The predicted molar refractivity (Wildman–Crippen MR) is 108 cm³/mol. The summed E-state index contributed by atoms with van der Waals surface area (Å²) in [5, 5.41) is 41.7. The molecule has 0 saturated heterocycles. The van der Waals surface area contributed by atoms with Gasteiger partial charge in [-0.15, -0.1) is 11.8 Å². The molecule has 0 fully saturated rings. The normalized spacial score (nSPS) is 12.4. The Morgan fingerprint density at radius 2 is 1.87 bits per heavy atom. The quantitative estimate of drug-likeness (QED) is 0.167. The van der Waals surface area contributed by atoms with Crippen LogP contribution in [0.25, 0.3) is 6.08 Å². The molecule has 2 amide bonds. The van der Waals surface area contributed by atoms with Crippen LogP contribution < -0.4 is 16.4 Å². The van der Waals surface area contributed by atoms with Gasteiger partial charge in [0.25, 0.3) is 0 Å². The van der Waals surface area contributed by atoms with Crippen molar-refractivity contribution in [2.45, 2.75) is 29.8 Å². The summed E-state index contributed by atoms with van der Waals surface area (Å²) in [6.07, 6.45) is 1.01. The third-order valence-electron chi connectivity index (χ3n) is 3.78. The second kappa shape index (κ2) is 11.7. The van der Waals surface area contributed by atoms with E-state index in [4.69, 9.17) is 15.9 Å². The number of aliphatic carboxylic acids is 2. The molecule has 0 aromatic heterocycles. The molecular formula is C18H23N3O8S. The number of carboxylic acid groups (broad SMARTS) is 2. The number of amides is 2. The van der Waals surface area contributed by atoms with Gasteiger partial charge in [0.1, 0.15) is 18.6 Å². The lowest BCUT2D eigenvalue weighted by molar-refractivity contribution is -0.139. The molecule has 0 bridgehead atoms. The van der Waals surface area contributed by atoms with Crippen molar-refractivity contribution in [3.63, 3.8) is 0 Å². The Bertz CT molecular complexity index is 830. The zero-order valence-electron chi connectivity index (χ0n) is 15.8. The first-order valence-corrected chi connectivity index (χ1v) is 9.62. The summed E-state index contributed by atoms with van der Waals surface area (Å²) in [5.74, 6) is -4.93. The third kappa shape index (κ3) is 8.01. The Kier molecular flexibility index (Phi) is 9.65. The number of hydrogen-bond acceptors (Lipinski definition) is 8.